The minimum Gasteiger partial charge on any atom is -0.326 e. The van der Waals surface area contributed by atoms with Gasteiger partial charge in [-0.3, -0.25) is 14.5 Å². The summed E-state index contributed by atoms with van der Waals surface area (Å²) in [4.78, 5) is 16.3. The average molecular weight is 329 g/mol. The number of para-hydroxylation sites is 1. The average Bonchev–Trinajstić information content (AvgIpc) is 2.80. The maximum atomic E-state index is 11.9. The second-order valence-electron chi connectivity index (χ2n) is 5.00. The van der Waals surface area contributed by atoms with Gasteiger partial charge in [0.2, 0.25) is 5.91 Å². The molecule has 0 atom stereocenters. The first-order valence-corrected chi connectivity index (χ1v) is 8.56. The monoisotopic (exact) mass is 329 g/mol. The number of hydrogen-bond acceptors (Lipinski definition) is 4. The van der Waals surface area contributed by atoms with E-state index in [9.17, 15) is 13.2 Å². The van der Waals surface area contributed by atoms with Gasteiger partial charge in [0.05, 0.1) is 11.4 Å². The number of nitrogens with zero attached hydrogens (tertiary/aromatic N) is 1. The van der Waals surface area contributed by atoms with Crippen LogP contribution in [0.25, 0.3) is 0 Å². The molecule has 1 amide bonds. The van der Waals surface area contributed by atoms with Crippen LogP contribution in [0.3, 0.4) is 0 Å². The van der Waals surface area contributed by atoms with Crippen LogP contribution in [-0.2, 0) is 14.8 Å². The van der Waals surface area contributed by atoms with Crippen molar-refractivity contribution in [2.24, 2.45) is 4.99 Å². The van der Waals surface area contributed by atoms with Crippen molar-refractivity contribution in [2.45, 2.75) is 11.3 Å². The van der Waals surface area contributed by atoms with E-state index in [0.29, 0.717) is 5.56 Å². The minimum atomic E-state index is -3.54. The molecule has 0 spiro atoms. The summed E-state index contributed by atoms with van der Waals surface area (Å²) in [7, 11) is -3.54. The molecular weight excluding hydrogens is 314 g/mol. The number of rotatable bonds is 4. The quantitative estimate of drug-likeness (QED) is 0.896. The van der Waals surface area contributed by atoms with Crippen molar-refractivity contribution >= 4 is 27.5 Å². The SMILES string of the molecule is O=C(CCN=C1NS(=O)(=O)c2ccccc21)Nc1ccccc1. The molecule has 6 nitrogen and oxygen atoms in total. The Bertz CT molecular complexity index is 861. The summed E-state index contributed by atoms with van der Waals surface area (Å²) < 4.78 is 26.3. The summed E-state index contributed by atoms with van der Waals surface area (Å²) in [6.45, 7) is 0.199. The number of carbonyl (C=O) groups excluding carboxylic acids is 1. The third kappa shape index (κ3) is 3.40. The fourth-order valence-electron chi connectivity index (χ4n) is 2.27. The molecule has 0 bridgehead atoms. The summed E-state index contributed by atoms with van der Waals surface area (Å²) in [5.74, 6) is 0.114. The van der Waals surface area contributed by atoms with Gasteiger partial charge in [0.25, 0.3) is 10.0 Å². The van der Waals surface area contributed by atoms with E-state index in [2.05, 4.69) is 15.0 Å². The van der Waals surface area contributed by atoms with E-state index in [1.54, 1.807) is 30.3 Å². The van der Waals surface area contributed by atoms with Crippen LogP contribution in [-0.4, -0.2) is 26.7 Å². The summed E-state index contributed by atoms with van der Waals surface area (Å²) >= 11 is 0. The third-order valence-corrected chi connectivity index (χ3v) is 4.73. The zero-order valence-corrected chi connectivity index (χ0v) is 13.0. The van der Waals surface area contributed by atoms with Crippen LogP contribution >= 0.6 is 0 Å². The normalized spacial score (nSPS) is 16.6. The highest BCUT2D eigenvalue weighted by atomic mass is 32.2. The van der Waals surface area contributed by atoms with Gasteiger partial charge in [-0.25, -0.2) is 8.42 Å². The standard InChI is InChI=1S/C16H15N3O3S/c20-15(18-12-6-2-1-3-7-12)10-11-17-16-13-8-4-5-9-14(13)23(21,22)19-16/h1-9H,10-11H2,(H,17,19)(H,18,20). The fraction of sp³-hybridized carbons (Fsp3) is 0.125. The number of benzene rings is 2. The second kappa shape index (κ2) is 6.21. The Balaban J connectivity index is 1.64. The van der Waals surface area contributed by atoms with Crippen molar-refractivity contribution in [2.75, 3.05) is 11.9 Å². The molecule has 0 saturated carbocycles. The maximum absolute atomic E-state index is 11.9. The number of amidine groups is 1. The van der Waals surface area contributed by atoms with Crippen LogP contribution in [0.5, 0.6) is 0 Å². The lowest BCUT2D eigenvalue weighted by molar-refractivity contribution is -0.116. The van der Waals surface area contributed by atoms with E-state index in [-0.39, 0.29) is 29.6 Å². The predicted molar refractivity (Wildman–Crippen MR) is 87.9 cm³/mol. The topological polar surface area (TPSA) is 87.6 Å². The molecule has 2 aromatic rings. The van der Waals surface area contributed by atoms with Crippen molar-refractivity contribution < 1.29 is 13.2 Å². The van der Waals surface area contributed by atoms with E-state index in [0.717, 1.165) is 5.69 Å². The second-order valence-corrected chi connectivity index (χ2v) is 6.65. The third-order valence-electron chi connectivity index (χ3n) is 3.33. The number of amides is 1. The first kappa shape index (κ1) is 15.2. The van der Waals surface area contributed by atoms with E-state index in [1.165, 1.54) is 6.07 Å². The summed E-state index contributed by atoms with van der Waals surface area (Å²) in [5, 5.41) is 2.76. The van der Waals surface area contributed by atoms with Gasteiger partial charge < -0.3 is 5.32 Å². The largest absolute Gasteiger partial charge is 0.326 e. The van der Waals surface area contributed by atoms with Gasteiger partial charge in [0.15, 0.2) is 0 Å². The van der Waals surface area contributed by atoms with Crippen molar-refractivity contribution in [1.29, 1.82) is 0 Å². The smallest absolute Gasteiger partial charge is 0.263 e. The molecule has 0 saturated heterocycles. The van der Waals surface area contributed by atoms with E-state index >= 15 is 0 Å². The Labute approximate surface area is 134 Å². The Morgan fingerprint density at radius 3 is 2.52 bits per heavy atom. The summed E-state index contributed by atoms with van der Waals surface area (Å²) in [5.41, 5.74) is 1.26. The number of aliphatic imine (C=N–C) groups is 1. The van der Waals surface area contributed by atoms with Crippen LogP contribution in [0, 0.1) is 0 Å². The van der Waals surface area contributed by atoms with Gasteiger partial charge in [-0.05, 0) is 24.3 Å². The molecule has 7 heteroatoms. The van der Waals surface area contributed by atoms with E-state index in [1.807, 2.05) is 18.2 Å². The molecule has 0 unspecified atom stereocenters. The highest BCUT2D eigenvalue weighted by molar-refractivity contribution is 7.90. The number of sulfonamides is 1. The Kier molecular flexibility index (Phi) is 4.12. The van der Waals surface area contributed by atoms with Crippen molar-refractivity contribution in [3.05, 3.63) is 60.2 Å². The summed E-state index contributed by atoms with van der Waals surface area (Å²) in [6, 6.07) is 15.8. The molecule has 0 aliphatic carbocycles. The molecule has 2 aromatic carbocycles. The summed E-state index contributed by atoms with van der Waals surface area (Å²) in [6.07, 6.45) is 0.169. The van der Waals surface area contributed by atoms with Gasteiger partial charge in [-0.1, -0.05) is 30.3 Å². The Morgan fingerprint density at radius 2 is 1.74 bits per heavy atom. The zero-order valence-electron chi connectivity index (χ0n) is 12.2. The highest BCUT2D eigenvalue weighted by Gasteiger charge is 2.29. The van der Waals surface area contributed by atoms with Crippen LogP contribution in [0.15, 0.2) is 64.5 Å². The molecule has 1 aliphatic heterocycles. The van der Waals surface area contributed by atoms with Gasteiger partial charge in [0.1, 0.15) is 5.84 Å². The minimum absolute atomic E-state index is 0.169. The molecule has 118 valence electrons. The van der Waals surface area contributed by atoms with E-state index in [4.69, 9.17) is 0 Å². The maximum Gasteiger partial charge on any atom is 0.263 e. The van der Waals surface area contributed by atoms with Crippen molar-refractivity contribution in [3.8, 4) is 0 Å². The van der Waals surface area contributed by atoms with E-state index < -0.39 is 10.0 Å². The molecule has 0 fully saturated rings. The van der Waals surface area contributed by atoms with Crippen molar-refractivity contribution in [1.82, 2.24) is 4.72 Å². The molecule has 0 radical (unpaired) electrons. The predicted octanol–water partition coefficient (Wildman–Crippen LogP) is 1.75. The van der Waals surface area contributed by atoms with Gasteiger partial charge in [0, 0.05) is 17.7 Å². The van der Waals surface area contributed by atoms with Gasteiger partial charge in [-0.2, -0.15) is 0 Å². The molecule has 23 heavy (non-hydrogen) atoms. The molecular formula is C16H15N3O3S. The lowest BCUT2D eigenvalue weighted by atomic mass is 10.2. The highest BCUT2D eigenvalue weighted by Crippen LogP contribution is 2.22. The number of hydrogen-bond donors (Lipinski definition) is 2. The number of carbonyl (C=O) groups is 1. The number of fused-ring (bicyclic) bond motifs is 1. The number of nitrogens with one attached hydrogen (secondary N) is 2. The molecule has 1 aliphatic rings. The van der Waals surface area contributed by atoms with Crippen LogP contribution < -0.4 is 10.0 Å². The molecule has 0 aromatic heterocycles. The van der Waals surface area contributed by atoms with Gasteiger partial charge in [-0.15, -0.1) is 0 Å². The fourth-order valence-corrected chi connectivity index (χ4v) is 3.52. The first-order valence-electron chi connectivity index (χ1n) is 7.08. The Morgan fingerprint density at radius 1 is 1.04 bits per heavy atom. The lowest BCUT2D eigenvalue weighted by Crippen LogP contribution is -2.23. The molecule has 3 rings (SSSR count). The van der Waals surface area contributed by atoms with Crippen LogP contribution in [0.2, 0.25) is 0 Å². The van der Waals surface area contributed by atoms with Crippen LogP contribution in [0.4, 0.5) is 5.69 Å². The Hall–Kier alpha value is -2.67. The lowest BCUT2D eigenvalue weighted by Gasteiger charge is -2.03. The molecule has 1 heterocycles. The first-order chi connectivity index (χ1) is 11.1. The van der Waals surface area contributed by atoms with Gasteiger partial charge >= 0.3 is 0 Å². The number of anilines is 1. The van der Waals surface area contributed by atoms with Crippen molar-refractivity contribution in [3.63, 3.8) is 0 Å². The zero-order chi connectivity index (χ0) is 16.3. The van der Waals surface area contributed by atoms with Crippen LogP contribution in [0.1, 0.15) is 12.0 Å². The molecule has 2 N–H and O–H groups in total.